The van der Waals surface area contributed by atoms with E-state index in [9.17, 15) is 14.0 Å². The summed E-state index contributed by atoms with van der Waals surface area (Å²) < 4.78 is 22.3. The Kier molecular flexibility index (Phi) is 5.78. The molecular formula is C13H16FNO4. The first-order valence-electron chi connectivity index (χ1n) is 5.82. The Labute approximate surface area is 110 Å². The van der Waals surface area contributed by atoms with Crippen molar-refractivity contribution in [2.24, 2.45) is 0 Å². The lowest BCUT2D eigenvalue weighted by molar-refractivity contribution is -0.142. The molecule has 0 saturated carbocycles. The summed E-state index contributed by atoms with van der Waals surface area (Å²) in [6.45, 7) is 1.85. The van der Waals surface area contributed by atoms with Gasteiger partial charge in [0, 0.05) is 6.42 Å². The van der Waals surface area contributed by atoms with Gasteiger partial charge >= 0.3 is 12.1 Å². The molecule has 0 aliphatic carbocycles. The van der Waals surface area contributed by atoms with Crippen LogP contribution in [0.25, 0.3) is 0 Å². The Hall–Kier alpha value is -2.11. The first kappa shape index (κ1) is 14.9. The number of hydrogen-bond acceptors (Lipinski definition) is 4. The molecule has 0 saturated heterocycles. The number of benzene rings is 1. The van der Waals surface area contributed by atoms with Crippen LogP contribution in [0.15, 0.2) is 24.3 Å². The van der Waals surface area contributed by atoms with Crippen LogP contribution in [0, 0.1) is 5.82 Å². The quantitative estimate of drug-likeness (QED) is 0.826. The van der Waals surface area contributed by atoms with Gasteiger partial charge in [0.25, 0.3) is 0 Å². The van der Waals surface area contributed by atoms with Gasteiger partial charge < -0.3 is 14.8 Å². The number of nitrogens with one attached hydrogen (secondary N) is 1. The summed E-state index contributed by atoms with van der Waals surface area (Å²) in [6.07, 6.45) is -0.585. The maximum Gasteiger partial charge on any atom is 0.407 e. The molecule has 6 heteroatoms. The van der Waals surface area contributed by atoms with E-state index < -0.39 is 23.9 Å². The van der Waals surface area contributed by atoms with Crippen molar-refractivity contribution in [3.63, 3.8) is 0 Å². The number of methoxy groups -OCH3 is 1. The summed E-state index contributed by atoms with van der Waals surface area (Å²) >= 11 is 0. The van der Waals surface area contributed by atoms with Crippen LogP contribution in [0.4, 0.5) is 9.18 Å². The largest absolute Gasteiger partial charge is 0.467 e. The van der Waals surface area contributed by atoms with Gasteiger partial charge in [-0.25, -0.2) is 14.0 Å². The second-order valence-corrected chi connectivity index (χ2v) is 3.77. The number of carbonyl (C=O) groups excluding carboxylic acids is 2. The van der Waals surface area contributed by atoms with Gasteiger partial charge in [0.2, 0.25) is 0 Å². The van der Waals surface area contributed by atoms with Crippen molar-refractivity contribution in [2.75, 3.05) is 13.7 Å². The molecule has 0 aromatic heterocycles. The average molecular weight is 269 g/mol. The number of amides is 1. The molecule has 1 aromatic rings. The molecule has 0 aliphatic heterocycles. The van der Waals surface area contributed by atoms with Gasteiger partial charge in [0.1, 0.15) is 11.9 Å². The normalized spacial score (nSPS) is 11.5. The van der Waals surface area contributed by atoms with E-state index in [1.54, 1.807) is 13.0 Å². The molecule has 0 heterocycles. The number of hydrogen-bond donors (Lipinski definition) is 1. The Morgan fingerprint density at radius 2 is 2.16 bits per heavy atom. The van der Waals surface area contributed by atoms with E-state index in [1.165, 1.54) is 25.3 Å². The highest BCUT2D eigenvalue weighted by molar-refractivity contribution is 5.81. The second kappa shape index (κ2) is 7.35. The van der Waals surface area contributed by atoms with E-state index >= 15 is 0 Å². The molecule has 1 N–H and O–H groups in total. The highest BCUT2D eigenvalue weighted by Crippen LogP contribution is 2.07. The van der Waals surface area contributed by atoms with Crippen LogP contribution < -0.4 is 5.32 Å². The molecule has 1 rings (SSSR count). The maximum atomic E-state index is 13.1. The van der Waals surface area contributed by atoms with Crippen LogP contribution in [0.1, 0.15) is 12.5 Å². The molecule has 0 radical (unpaired) electrons. The maximum absolute atomic E-state index is 13.1. The summed E-state index contributed by atoms with van der Waals surface area (Å²) in [7, 11) is 1.22. The molecule has 1 amide bonds. The third-order valence-electron chi connectivity index (χ3n) is 2.38. The SMILES string of the molecule is CCOC(=O)NC(Cc1cccc(F)c1)C(=O)OC. The third-order valence-corrected chi connectivity index (χ3v) is 2.38. The lowest BCUT2D eigenvalue weighted by Gasteiger charge is -2.16. The van der Waals surface area contributed by atoms with E-state index in [0.717, 1.165) is 0 Å². The average Bonchev–Trinajstić information content (AvgIpc) is 2.37. The minimum atomic E-state index is -0.911. The Bertz CT molecular complexity index is 450. The van der Waals surface area contributed by atoms with Crippen molar-refractivity contribution in [1.29, 1.82) is 0 Å². The zero-order valence-electron chi connectivity index (χ0n) is 10.8. The third kappa shape index (κ3) is 4.95. The minimum Gasteiger partial charge on any atom is -0.467 e. The molecule has 5 nitrogen and oxygen atoms in total. The van der Waals surface area contributed by atoms with Crippen LogP contribution in [0.5, 0.6) is 0 Å². The van der Waals surface area contributed by atoms with Gasteiger partial charge in [0.05, 0.1) is 13.7 Å². The monoisotopic (exact) mass is 269 g/mol. The predicted molar refractivity (Wildman–Crippen MR) is 66.1 cm³/mol. The molecule has 104 valence electrons. The zero-order chi connectivity index (χ0) is 14.3. The topological polar surface area (TPSA) is 64.6 Å². The summed E-state index contributed by atoms with van der Waals surface area (Å²) in [5.41, 5.74) is 0.576. The van der Waals surface area contributed by atoms with Crippen LogP contribution >= 0.6 is 0 Å². The fourth-order valence-electron chi connectivity index (χ4n) is 1.55. The standard InChI is InChI=1S/C13H16FNO4/c1-3-19-13(17)15-11(12(16)18-2)8-9-5-4-6-10(14)7-9/h4-7,11H,3,8H2,1-2H3,(H,15,17). The van der Waals surface area contributed by atoms with Gasteiger partial charge in [0.15, 0.2) is 0 Å². The Balaban J connectivity index is 2.74. The summed E-state index contributed by atoms with van der Waals surface area (Å²) in [5.74, 6) is -1.02. The summed E-state index contributed by atoms with van der Waals surface area (Å²) in [5, 5.41) is 2.38. The number of halogens is 1. The number of esters is 1. The minimum absolute atomic E-state index is 0.128. The van der Waals surface area contributed by atoms with Gasteiger partial charge in [-0.2, -0.15) is 0 Å². The molecule has 0 aliphatic rings. The molecule has 0 fully saturated rings. The van der Waals surface area contributed by atoms with Crippen molar-refractivity contribution in [3.05, 3.63) is 35.6 Å². The van der Waals surface area contributed by atoms with Gasteiger partial charge in [-0.1, -0.05) is 12.1 Å². The van der Waals surface area contributed by atoms with Crippen LogP contribution in [-0.4, -0.2) is 31.8 Å². The highest BCUT2D eigenvalue weighted by atomic mass is 19.1. The summed E-state index contributed by atoms with van der Waals surface area (Å²) in [6, 6.07) is 4.87. The number of carbonyl (C=O) groups is 2. The van der Waals surface area contributed by atoms with Crippen molar-refractivity contribution < 1.29 is 23.5 Å². The van der Waals surface area contributed by atoms with E-state index in [1.807, 2.05) is 0 Å². The number of alkyl carbamates (subject to hydrolysis) is 1. The van der Waals surface area contributed by atoms with Crippen molar-refractivity contribution in [2.45, 2.75) is 19.4 Å². The predicted octanol–water partition coefficient (Wildman–Crippen LogP) is 1.66. The number of ether oxygens (including phenoxy) is 2. The van der Waals surface area contributed by atoms with E-state index in [4.69, 9.17) is 4.74 Å². The first-order chi connectivity index (χ1) is 9.06. The lowest BCUT2D eigenvalue weighted by atomic mass is 10.1. The van der Waals surface area contributed by atoms with Gasteiger partial charge in [-0.05, 0) is 24.6 Å². The van der Waals surface area contributed by atoms with Crippen molar-refractivity contribution in [3.8, 4) is 0 Å². The zero-order valence-corrected chi connectivity index (χ0v) is 10.8. The molecular weight excluding hydrogens is 253 g/mol. The van der Waals surface area contributed by atoms with E-state index in [2.05, 4.69) is 10.1 Å². The Morgan fingerprint density at radius 1 is 1.42 bits per heavy atom. The molecule has 1 aromatic carbocycles. The highest BCUT2D eigenvalue weighted by Gasteiger charge is 2.22. The molecule has 1 atom stereocenters. The fourth-order valence-corrected chi connectivity index (χ4v) is 1.55. The summed E-state index contributed by atoms with van der Waals surface area (Å²) in [4.78, 5) is 22.9. The second-order valence-electron chi connectivity index (χ2n) is 3.77. The van der Waals surface area contributed by atoms with Crippen molar-refractivity contribution in [1.82, 2.24) is 5.32 Å². The number of rotatable bonds is 5. The lowest BCUT2D eigenvalue weighted by Crippen LogP contribution is -2.43. The van der Waals surface area contributed by atoms with Gasteiger partial charge in [-0.15, -0.1) is 0 Å². The van der Waals surface area contributed by atoms with Crippen LogP contribution in [0.3, 0.4) is 0 Å². The van der Waals surface area contributed by atoms with Crippen molar-refractivity contribution >= 4 is 12.1 Å². The van der Waals surface area contributed by atoms with E-state index in [-0.39, 0.29) is 13.0 Å². The molecule has 1 unspecified atom stereocenters. The van der Waals surface area contributed by atoms with Gasteiger partial charge in [-0.3, -0.25) is 0 Å². The first-order valence-corrected chi connectivity index (χ1v) is 5.82. The fraction of sp³-hybridized carbons (Fsp3) is 0.385. The van der Waals surface area contributed by atoms with Crippen LogP contribution in [-0.2, 0) is 20.7 Å². The molecule has 19 heavy (non-hydrogen) atoms. The Morgan fingerprint density at radius 3 is 2.74 bits per heavy atom. The smallest absolute Gasteiger partial charge is 0.407 e. The van der Waals surface area contributed by atoms with Crippen LogP contribution in [0.2, 0.25) is 0 Å². The molecule has 0 bridgehead atoms. The molecule has 0 spiro atoms. The van der Waals surface area contributed by atoms with E-state index in [0.29, 0.717) is 5.56 Å².